The van der Waals surface area contributed by atoms with Crippen LogP contribution < -0.4 is 4.74 Å². The molecule has 2 amide bonds. The number of methoxy groups -OCH3 is 1. The predicted octanol–water partition coefficient (Wildman–Crippen LogP) is 0.785. The zero-order chi connectivity index (χ0) is 20.5. The molecule has 0 aliphatic carbocycles. The van der Waals surface area contributed by atoms with E-state index in [2.05, 4.69) is 0 Å². The number of carbonyl (C=O) groups excluding carboxylic acids is 2. The van der Waals surface area contributed by atoms with Crippen molar-refractivity contribution in [3.63, 3.8) is 0 Å². The van der Waals surface area contributed by atoms with Gasteiger partial charge in [0, 0.05) is 32.2 Å². The van der Waals surface area contributed by atoms with Crippen molar-refractivity contribution in [2.24, 2.45) is 5.92 Å². The number of piperazine rings is 1. The van der Waals surface area contributed by atoms with E-state index in [9.17, 15) is 18.0 Å². The molecule has 2 fully saturated rings. The average molecular weight is 410 g/mol. The number of hydrogen-bond donors (Lipinski definition) is 0. The van der Waals surface area contributed by atoms with Crippen LogP contribution >= 0.6 is 0 Å². The Morgan fingerprint density at radius 2 is 1.93 bits per heavy atom. The smallest absolute Gasteiger partial charge is 0.245 e. The molecule has 1 aromatic rings. The number of amides is 2. The predicted molar refractivity (Wildman–Crippen MR) is 103 cm³/mol. The van der Waals surface area contributed by atoms with Crippen LogP contribution in [0.4, 0.5) is 0 Å². The fourth-order valence-electron chi connectivity index (χ4n) is 3.75. The second-order valence-electron chi connectivity index (χ2n) is 7.59. The Kier molecular flexibility index (Phi) is 5.95. The topological polar surface area (TPSA) is 87.2 Å². The molecule has 0 aromatic heterocycles. The third-order valence-corrected chi connectivity index (χ3v) is 7.02. The molecule has 2 aliphatic heterocycles. The molecule has 8 nitrogen and oxygen atoms in total. The Hall–Kier alpha value is -2.13. The SMILES string of the molecule is COc1cccc(S(=O)(=O)N2CCC3C(=O)N(CC(C)C)CC(=O)N3CC2)c1. The molecule has 1 unspecified atom stereocenters. The van der Waals surface area contributed by atoms with Gasteiger partial charge in [-0.25, -0.2) is 8.42 Å². The van der Waals surface area contributed by atoms with E-state index in [4.69, 9.17) is 4.74 Å². The van der Waals surface area contributed by atoms with Crippen LogP contribution in [-0.4, -0.2) is 80.2 Å². The van der Waals surface area contributed by atoms with E-state index in [1.54, 1.807) is 21.9 Å². The average Bonchev–Trinajstić information content (AvgIpc) is 2.89. The maximum atomic E-state index is 13.1. The van der Waals surface area contributed by atoms with Gasteiger partial charge in [0.1, 0.15) is 11.8 Å². The Bertz CT molecular complexity index is 855. The number of nitrogens with zero attached hydrogens (tertiary/aromatic N) is 3. The summed E-state index contributed by atoms with van der Waals surface area (Å²) in [7, 11) is -2.26. The van der Waals surface area contributed by atoms with Gasteiger partial charge in [-0.1, -0.05) is 19.9 Å². The zero-order valence-corrected chi connectivity index (χ0v) is 17.3. The fourth-order valence-corrected chi connectivity index (χ4v) is 5.23. The highest BCUT2D eigenvalue weighted by molar-refractivity contribution is 7.89. The maximum absolute atomic E-state index is 13.1. The molecule has 1 atom stereocenters. The lowest BCUT2D eigenvalue weighted by molar-refractivity contribution is -0.156. The summed E-state index contributed by atoms with van der Waals surface area (Å²) >= 11 is 0. The van der Waals surface area contributed by atoms with Gasteiger partial charge in [-0.3, -0.25) is 9.59 Å². The standard InChI is InChI=1S/C19H27N3O5S/c1-14(2)12-20-13-18(23)22-10-9-21(8-7-17(22)19(20)24)28(25,26)16-6-4-5-15(11-16)27-3/h4-6,11,14,17H,7-10,12-13H2,1-3H3. The summed E-state index contributed by atoms with van der Waals surface area (Å²) in [6, 6.07) is 5.72. The summed E-state index contributed by atoms with van der Waals surface area (Å²) in [5.74, 6) is 0.516. The molecule has 0 N–H and O–H groups in total. The largest absolute Gasteiger partial charge is 0.497 e. The summed E-state index contributed by atoms with van der Waals surface area (Å²) in [6.45, 7) is 5.17. The Morgan fingerprint density at radius 1 is 1.18 bits per heavy atom. The number of ether oxygens (including phenoxy) is 1. The van der Waals surface area contributed by atoms with E-state index in [0.717, 1.165) is 0 Å². The van der Waals surface area contributed by atoms with Gasteiger partial charge in [-0.2, -0.15) is 4.31 Å². The minimum absolute atomic E-state index is 0.0656. The molecular formula is C19H27N3O5S. The normalized spacial score (nSPS) is 21.6. The van der Waals surface area contributed by atoms with Crippen LogP contribution in [-0.2, 0) is 19.6 Å². The Balaban J connectivity index is 1.80. The van der Waals surface area contributed by atoms with Gasteiger partial charge in [-0.05, 0) is 24.5 Å². The lowest BCUT2D eigenvalue weighted by Crippen LogP contribution is -2.60. The molecule has 0 radical (unpaired) electrons. The number of sulfonamides is 1. The van der Waals surface area contributed by atoms with Crippen molar-refractivity contribution in [2.45, 2.75) is 31.2 Å². The highest BCUT2D eigenvalue weighted by atomic mass is 32.2. The van der Waals surface area contributed by atoms with Crippen molar-refractivity contribution < 1.29 is 22.7 Å². The van der Waals surface area contributed by atoms with Gasteiger partial charge < -0.3 is 14.5 Å². The third kappa shape index (κ3) is 4.00. The van der Waals surface area contributed by atoms with Crippen LogP contribution in [0.5, 0.6) is 5.75 Å². The van der Waals surface area contributed by atoms with Crippen molar-refractivity contribution in [3.8, 4) is 5.75 Å². The molecule has 28 heavy (non-hydrogen) atoms. The molecule has 154 valence electrons. The van der Waals surface area contributed by atoms with E-state index >= 15 is 0 Å². The number of hydrogen-bond acceptors (Lipinski definition) is 5. The van der Waals surface area contributed by atoms with Gasteiger partial charge in [-0.15, -0.1) is 0 Å². The maximum Gasteiger partial charge on any atom is 0.245 e. The Labute approximate surface area is 166 Å². The van der Waals surface area contributed by atoms with Crippen LogP contribution in [0.3, 0.4) is 0 Å². The first-order valence-corrected chi connectivity index (χ1v) is 10.9. The second-order valence-corrected chi connectivity index (χ2v) is 9.53. The third-order valence-electron chi connectivity index (χ3n) is 5.13. The van der Waals surface area contributed by atoms with Gasteiger partial charge in [0.05, 0.1) is 18.6 Å². The van der Waals surface area contributed by atoms with Gasteiger partial charge in [0.25, 0.3) is 0 Å². The first-order valence-electron chi connectivity index (χ1n) is 9.46. The molecule has 2 saturated heterocycles. The lowest BCUT2D eigenvalue weighted by atomic mass is 10.1. The highest BCUT2D eigenvalue weighted by Crippen LogP contribution is 2.25. The van der Waals surface area contributed by atoms with Gasteiger partial charge in [0.2, 0.25) is 21.8 Å². The van der Waals surface area contributed by atoms with E-state index in [1.165, 1.54) is 23.5 Å². The zero-order valence-electron chi connectivity index (χ0n) is 16.5. The molecular weight excluding hydrogens is 382 g/mol. The number of benzene rings is 1. The molecule has 1 aromatic carbocycles. The van der Waals surface area contributed by atoms with Crippen LogP contribution in [0.1, 0.15) is 20.3 Å². The minimum atomic E-state index is -3.74. The van der Waals surface area contributed by atoms with Crippen LogP contribution in [0.25, 0.3) is 0 Å². The summed E-state index contributed by atoms with van der Waals surface area (Å²) in [5, 5.41) is 0. The van der Waals surface area contributed by atoms with Gasteiger partial charge >= 0.3 is 0 Å². The summed E-state index contributed by atoms with van der Waals surface area (Å²) in [6.07, 6.45) is 0.294. The van der Waals surface area contributed by atoms with Crippen LogP contribution in [0, 0.1) is 5.92 Å². The Morgan fingerprint density at radius 3 is 2.61 bits per heavy atom. The summed E-state index contributed by atoms with van der Waals surface area (Å²) in [4.78, 5) is 28.7. The number of carbonyl (C=O) groups is 2. The van der Waals surface area contributed by atoms with Crippen molar-refractivity contribution in [1.82, 2.24) is 14.1 Å². The van der Waals surface area contributed by atoms with Crippen LogP contribution in [0.15, 0.2) is 29.2 Å². The summed E-state index contributed by atoms with van der Waals surface area (Å²) in [5.41, 5.74) is 0. The van der Waals surface area contributed by atoms with E-state index in [0.29, 0.717) is 18.7 Å². The monoisotopic (exact) mass is 409 g/mol. The highest BCUT2D eigenvalue weighted by Gasteiger charge is 2.42. The molecule has 9 heteroatoms. The summed E-state index contributed by atoms with van der Waals surface area (Å²) < 4.78 is 32.6. The molecule has 0 bridgehead atoms. The van der Waals surface area contributed by atoms with Crippen molar-refractivity contribution in [2.75, 3.05) is 39.8 Å². The lowest BCUT2D eigenvalue weighted by Gasteiger charge is -2.39. The fraction of sp³-hybridized carbons (Fsp3) is 0.579. The van der Waals surface area contributed by atoms with Crippen molar-refractivity contribution in [1.29, 1.82) is 0 Å². The van der Waals surface area contributed by atoms with Crippen molar-refractivity contribution in [3.05, 3.63) is 24.3 Å². The van der Waals surface area contributed by atoms with Crippen molar-refractivity contribution >= 4 is 21.8 Å². The van der Waals surface area contributed by atoms with Crippen LogP contribution in [0.2, 0.25) is 0 Å². The molecule has 2 aliphatic rings. The molecule has 3 rings (SSSR count). The van der Waals surface area contributed by atoms with Gasteiger partial charge in [0.15, 0.2) is 0 Å². The first kappa shape index (κ1) is 20.6. The van der Waals surface area contributed by atoms with E-state index in [1.807, 2.05) is 13.8 Å². The van der Waals surface area contributed by atoms with E-state index in [-0.39, 0.29) is 48.8 Å². The number of rotatable bonds is 5. The molecule has 0 spiro atoms. The second kappa shape index (κ2) is 8.08. The first-order chi connectivity index (χ1) is 13.2. The quantitative estimate of drug-likeness (QED) is 0.717. The molecule has 2 heterocycles. The minimum Gasteiger partial charge on any atom is -0.497 e. The van der Waals surface area contributed by atoms with E-state index < -0.39 is 16.1 Å². The number of fused-ring (bicyclic) bond motifs is 1. The molecule has 0 saturated carbocycles.